The van der Waals surface area contributed by atoms with Crippen LogP contribution in [0.2, 0.25) is 0 Å². The maximum atomic E-state index is 12.8. The van der Waals surface area contributed by atoms with Crippen LogP contribution in [0, 0.1) is 6.92 Å². The highest BCUT2D eigenvalue weighted by Gasteiger charge is 2.31. The van der Waals surface area contributed by atoms with E-state index in [2.05, 4.69) is 0 Å². The van der Waals surface area contributed by atoms with Crippen molar-refractivity contribution >= 4 is 5.88 Å². The highest BCUT2D eigenvalue weighted by atomic mass is 19.4. The molecule has 2 rings (SSSR count). The molecular formula is C14H14F3NO2. The molecule has 0 fully saturated rings. The van der Waals surface area contributed by atoms with E-state index in [1.807, 2.05) is 0 Å². The van der Waals surface area contributed by atoms with E-state index in [1.54, 1.807) is 25.9 Å². The summed E-state index contributed by atoms with van der Waals surface area (Å²) in [6.07, 6.45) is -3.32. The van der Waals surface area contributed by atoms with Crippen LogP contribution in [0.3, 0.4) is 0 Å². The third kappa shape index (κ3) is 2.45. The van der Waals surface area contributed by atoms with E-state index < -0.39 is 11.7 Å². The van der Waals surface area contributed by atoms with Crippen molar-refractivity contribution in [1.82, 2.24) is 0 Å². The summed E-state index contributed by atoms with van der Waals surface area (Å²) >= 11 is 0. The maximum absolute atomic E-state index is 12.8. The van der Waals surface area contributed by atoms with Gasteiger partial charge >= 0.3 is 6.18 Å². The number of aryl methyl sites for hydroxylation is 1. The number of hydrogen-bond acceptors (Lipinski definition) is 3. The number of rotatable bonds is 2. The minimum Gasteiger partial charge on any atom is -0.504 e. The van der Waals surface area contributed by atoms with E-state index in [0.29, 0.717) is 17.0 Å². The molecule has 1 aromatic carbocycles. The van der Waals surface area contributed by atoms with Gasteiger partial charge in [0.2, 0.25) is 5.88 Å². The average molecular weight is 285 g/mol. The molecule has 0 aliphatic heterocycles. The number of aromatic hydroxyl groups is 1. The van der Waals surface area contributed by atoms with Crippen LogP contribution in [-0.4, -0.2) is 19.2 Å². The van der Waals surface area contributed by atoms with Crippen LogP contribution in [0.4, 0.5) is 19.1 Å². The SMILES string of the molecule is Cc1ccc(C(F)(F)F)cc1-c1c(O)coc1N(C)C. The first kappa shape index (κ1) is 14.3. The summed E-state index contributed by atoms with van der Waals surface area (Å²) in [7, 11) is 3.37. The molecular weight excluding hydrogens is 271 g/mol. The van der Waals surface area contributed by atoms with E-state index in [0.717, 1.165) is 18.4 Å². The molecule has 108 valence electrons. The Labute approximate surface area is 114 Å². The Balaban J connectivity index is 2.67. The van der Waals surface area contributed by atoms with Crippen molar-refractivity contribution in [2.75, 3.05) is 19.0 Å². The Kier molecular flexibility index (Phi) is 3.41. The zero-order chi connectivity index (χ0) is 15.1. The number of anilines is 1. The van der Waals surface area contributed by atoms with E-state index in [1.165, 1.54) is 6.07 Å². The summed E-state index contributed by atoms with van der Waals surface area (Å²) in [4.78, 5) is 1.59. The van der Waals surface area contributed by atoms with Gasteiger partial charge in [-0.25, -0.2) is 0 Å². The van der Waals surface area contributed by atoms with Crippen molar-refractivity contribution in [2.45, 2.75) is 13.1 Å². The Bertz CT molecular complexity index is 630. The lowest BCUT2D eigenvalue weighted by molar-refractivity contribution is -0.137. The molecule has 1 N–H and O–H groups in total. The minimum atomic E-state index is -4.43. The first-order chi connectivity index (χ1) is 9.21. The van der Waals surface area contributed by atoms with Gasteiger partial charge in [0, 0.05) is 14.1 Å². The first-order valence-electron chi connectivity index (χ1n) is 5.88. The smallest absolute Gasteiger partial charge is 0.416 e. The molecule has 0 amide bonds. The van der Waals surface area contributed by atoms with Gasteiger partial charge < -0.3 is 14.4 Å². The van der Waals surface area contributed by atoms with Gasteiger partial charge in [-0.15, -0.1) is 0 Å². The van der Waals surface area contributed by atoms with Gasteiger partial charge in [0.05, 0.1) is 11.1 Å². The zero-order valence-corrected chi connectivity index (χ0v) is 11.2. The predicted octanol–water partition coefficient (Wildman–Crippen LogP) is 4.05. The normalized spacial score (nSPS) is 11.7. The zero-order valence-electron chi connectivity index (χ0n) is 11.2. The van der Waals surface area contributed by atoms with Gasteiger partial charge in [-0.05, 0) is 30.2 Å². The molecule has 0 saturated carbocycles. The molecule has 20 heavy (non-hydrogen) atoms. The van der Waals surface area contributed by atoms with Crippen molar-refractivity contribution in [3.8, 4) is 16.9 Å². The molecule has 1 heterocycles. The van der Waals surface area contributed by atoms with Crippen molar-refractivity contribution in [1.29, 1.82) is 0 Å². The lowest BCUT2D eigenvalue weighted by Crippen LogP contribution is -2.09. The maximum Gasteiger partial charge on any atom is 0.416 e. The van der Waals surface area contributed by atoms with Gasteiger partial charge in [0.1, 0.15) is 6.26 Å². The van der Waals surface area contributed by atoms with Gasteiger partial charge in [0.15, 0.2) is 5.75 Å². The Hall–Kier alpha value is -2.11. The second kappa shape index (κ2) is 4.77. The Morgan fingerprint density at radius 2 is 1.85 bits per heavy atom. The van der Waals surface area contributed by atoms with Crippen LogP contribution in [0.5, 0.6) is 5.75 Å². The standard InChI is InChI=1S/C14H14F3NO2/c1-8-4-5-9(14(15,16)17)6-10(8)12-11(19)7-20-13(12)18(2)3/h4-7,19H,1-3H3. The van der Waals surface area contributed by atoms with Crippen LogP contribution in [0.25, 0.3) is 11.1 Å². The summed E-state index contributed by atoms with van der Waals surface area (Å²) in [6, 6.07) is 3.42. The molecule has 1 aromatic heterocycles. The van der Waals surface area contributed by atoms with Gasteiger partial charge in [0.25, 0.3) is 0 Å². The van der Waals surface area contributed by atoms with Crippen LogP contribution in [0.15, 0.2) is 28.9 Å². The van der Waals surface area contributed by atoms with E-state index >= 15 is 0 Å². The molecule has 2 aromatic rings. The molecule has 0 aliphatic rings. The third-order valence-corrected chi connectivity index (χ3v) is 2.99. The van der Waals surface area contributed by atoms with Gasteiger partial charge in [-0.3, -0.25) is 0 Å². The summed E-state index contributed by atoms with van der Waals surface area (Å²) in [6.45, 7) is 1.68. The highest BCUT2D eigenvalue weighted by Crippen LogP contribution is 2.42. The van der Waals surface area contributed by atoms with Crippen LogP contribution >= 0.6 is 0 Å². The number of nitrogens with zero attached hydrogens (tertiary/aromatic N) is 1. The number of furan rings is 1. The summed E-state index contributed by atoms with van der Waals surface area (Å²) in [5.41, 5.74) is 0.426. The molecule has 0 unspecified atom stereocenters. The molecule has 6 heteroatoms. The van der Waals surface area contributed by atoms with Crippen molar-refractivity contribution in [2.24, 2.45) is 0 Å². The molecule has 0 saturated heterocycles. The second-order valence-electron chi connectivity index (χ2n) is 4.72. The van der Waals surface area contributed by atoms with E-state index in [-0.39, 0.29) is 11.3 Å². The van der Waals surface area contributed by atoms with Crippen LogP contribution in [0.1, 0.15) is 11.1 Å². The lowest BCUT2D eigenvalue weighted by atomic mass is 9.98. The molecule has 0 atom stereocenters. The molecule has 0 aliphatic carbocycles. The van der Waals surface area contributed by atoms with Crippen molar-refractivity contribution < 1.29 is 22.7 Å². The largest absolute Gasteiger partial charge is 0.504 e. The number of hydrogen-bond donors (Lipinski definition) is 1. The molecule has 3 nitrogen and oxygen atoms in total. The predicted molar refractivity (Wildman–Crippen MR) is 69.9 cm³/mol. The second-order valence-corrected chi connectivity index (χ2v) is 4.72. The first-order valence-corrected chi connectivity index (χ1v) is 5.88. The van der Waals surface area contributed by atoms with Crippen molar-refractivity contribution in [3.05, 3.63) is 35.6 Å². The topological polar surface area (TPSA) is 36.6 Å². The van der Waals surface area contributed by atoms with Crippen LogP contribution < -0.4 is 4.90 Å². The highest BCUT2D eigenvalue weighted by molar-refractivity contribution is 5.82. The van der Waals surface area contributed by atoms with Gasteiger partial charge in [-0.2, -0.15) is 13.2 Å². The van der Waals surface area contributed by atoms with Crippen molar-refractivity contribution in [3.63, 3.8) is 0 Å². The van der Waals surface area contributed by atoms with Crippen LogP contribution in [-0.2, 0) is 6.18 Å². The summed E-state index contributed by atoms with van der Waals surface area (Å²) in [5, 5.41) is 9.85. The fourth-order valence-electron chi connectivity index (χ4n) is 1.99. The number of halogens is 3. The molecule has 0 bridgehead atoms. The Morgan fingerprint density at radius 3 is 2.40 bits per heavy atom. The van der Waals surface area contributed by atoms with E-state index in [4.69, 9.17) is 4.42 Å². The number of benzene rings is 1. The van der Waals surface area contributed by atoms with E-state index in [9.17, 15) is 18.3 Å². The summed E-state index contributed by atoms with van der Waals surface area (Å²) < 4.78 is 43.6. The Morgan fingerprint density at radius 1 is 1.20 bits per heavy atom. The quantitative estimate of drug-likeness (QED) is 0.904. The molecule has 0 radical (unpaired) electrons. The number of alkyl halides is 3. The fraction of sp³-hybridized carbons (Fsp3) is 0.286. The molecule has 0 spiro atoms. The van der Waals surface area contributed by atoms with Gasteiger partial charge in [-0.1, -0.05) is 6.07 Å². The monoisotopic (exact) mass is 285 g/mol. The average Bonchev–Trinajstić information content (AvgIpc) is 2.70. The lowest BCUT2D eigenvalue weighted by Gasteiger charge is -2.15. The third-order valence-electron chi connectivity index (χ3n) is 2.99. The minimum absolute atomic E-state index is 0.184. The summed E-state index contributed by atoms with van der Waals surface area (Å²) in [5.74, 6) is 0.126. The fourth-order valence-corrected chi connectivity index (χ4v) is 1.99.